The molecule has 3 nitrogen and oxygen atoms in total. The predicted molar refractivity (Wildman–Crippen MR) is 83.7 cm³/mol. The lowest BCUT2D eigenvalue weighted by Gasteiger charge is -2.08. The number of aromatic nitrogens is 1. The number of carbonyl (C=O) groups is 1. The highest BCUT2D eigenvalue weighted by molar-refractivity contribution is 6.12. The van der Waals surface area contributed by atoms with E-state index < -0.39 is 0 Å². The first-order chi connectivity index (χ1) is 9.65. The molecule has 20 heavy (non-hydrogen) atoms. The van der Waals surface area contributed by atoms with E-state index in [2.05, 4.69) is 4.98 Å². The Morgan fingerprint density at radius 1 is 1.10 bits per heavy atom. The first kappa shape index (κ1) is 14.1. The molecule has 0 unspecified atom stereocenters. The van der Waals surface area contributed by atoms with E-state index in [0.29, 0.717) is 11.8 Å². The maximum Gasteiger partial charge on any atom is 0.154 e. The van der Waals surface area contributed by atoms with Gasteiger partial charge in [0.25, 0.3) is 0 Å². The minimum absolute atomic E-state index is 0.0831. The van der Waals surface area contributed by atoms with E-state index in [1.165, 1.54) is 0 Å². The summed E-state index contributed by atoms with van der Waals surface area (Å²) in [5, 5.41) is 12.2. The number of phenols is 1. The van der Waals surface area contributed by atoms with Crippen molar-refractivity contribution in [3.8, 4) is 5.75 Å². The number of aldehydes is 1. The zero-order valence-electron chi connectivity index (χ0n) is 12.2. The van der Waals surface area contributed by atoms with Crippen LogP contribution in [0.25, 0.3) is 21.8 Å². The first-order valence-electron chi connectivity index (χ1n) is 6.83. The van der Waals surface area contributed by atoms with E-state index in [-0.39, 0.29) is 5.75 Å². The molecule has 0 aliphatic rings. The number of rotatable bonds is 1. The van der Waals surface area contributed by atoms with Crippen LogP contribution in [0.4, 0.5) is 0 Å². The maximum atomic E-state index is 11.1. The summed E-state index contributed by atoms with van der Waals surface area (Å²) in [6, 6.07) is 7.93. The van der Waals surface area contributed by atoms with Gasteiger partial charge >= 0.3 is 0 Å². The number of fused-ring (bicyclic) bond motifs is 3. The van der Waals surface area contributed by atoms with Gasteiger partial charge in [-0.15, -0.1) is 0 Å². The number of nitrogens with one attached hydrogen (secondary N) is 1. The molecule has 0 atom stereocenters. The number of hydrogen-bond acceptors (Lipinski definition) is 2. The molecule has 1 heterocycles. The molecule has 2 aromatic carbocycles. The molecule has 0 fully saturated rings. The highest BCUT2D eigenvalue weighted by Crippen LogP contribution is 2.37. The summed E-state index contributed by atoms with van der Waals surface area (Å²) in [7, 11) is 0. The van der Waals surface area contributed by atoms with Crippen LogP contribution >= 0.6 is 0 Å². The number of hydrogen-bond donors (Lipinski definition) is 2. The van der Waals surface area contributed by atoms with Crippen LogP contribution in [0.5, 0.6) is 5.75 Å². The standard InChI is InChI=1S/C15H13NO2.C2H6/c1-8-11(7-17)15(18)9(2)13-10-5-3-4-6-12(10)16-14(8)13;1-2/h3-7,16,18H,1-2H3;1-2H3. The minimum Gasteiger partial charge on any atom is -0.507 e. The van der Waals surface area contributed by atoms with Crippen LogP contribution in [-0.2, 0) is 0 Å². The van der Waals surface area contributed by atoms with E-state index in [4.69, 9.17) is 0 Å². The molecule has 104 valence electrons. The van der Waals surface area contributed by atoms with Crippen molar-refractivity contribution >= 4 is 28.1 Å². The van der Waals surface area contributed by atoms with Gasteiger partial charge in [-0.25, -0.2) is 0 Å². The number of aryl methyl sites for hydroxylation is 2. The van der Waals surface area contributed by atoms with Crippen molar-refractivity contribution in [2.24, 2.45) is 0 Å². The topological polar surface area (TPSA) is 53.1 Å². The molecule has 0 spiro atoms. The lowest BCUT2D eigenvalue weighted by Crippen LogP contribution is -1.92. The normalized spacial score (nSPS) is 10.4. The maximum absolute atomic E-state index is 11.1. The lowest BCUT2D eigenvalue weighted by atomic mass is 9.98. The molecule has 0 saturated heterocycles. The van der Waals surface area contributed by atoms with E-state index in [1.807, 2.05) is 52.0 Å². The Morgan fingerprint density at radius 2 is 1.75 bits per heavy atom. The van der Waals surface area contributed by atoms with Gasteiger partial charge in [0.05, 0.1) is 11.1 Å². The molecule has 0 aliphatic heterocycles. The van der Waals surface area contributed by atoms with E-state index in [1.54, 1.807) is 0 Å². The van der Waals surface area contributed by atoms with Gasteiger partial charge in [-0.1, -0.05) is 32.0 Å². The summed E-state index contributed by atoms with van der Waals surface area (Å²) in [5.74, 6) is 0.0831. The largest absolute Gasteiger partial charge is 0.507 e. The van der Waals surface area contributed by atoms with Gasteiger partial charge in [-0.3, -0.25) is 4.79 Å². The Bertz CT molecular complexity index is 785. The highest BCUT2D eigenvalue weighted by atomic mass is 16.3. The van der Waals surface area contributed by atoms with Gasteiger partial charge in [-0.05, 0) is 25.5 Å². The van der Waals surface area contributed by atoms with Crippen molar-refractivity contribution in [2.75, 3.05) is 0 Å². The van der Waals surface area contributed by atoms with Crippen molar-refractivity contribution in [2.45, 2.75) is 27.7 Å². The van der Waals surface area contributed by atoms with E-state index in [0.717, 1.165) is 32.9 Å². The Hall–Kier alpha value is -2.29. The number of aromatic amines is 1. The molecular weight excluding hydrogens is 250 g/mol. The minimum atomic E-state index is 0.0831. The molecule has 2 N–H and O–H groups in total. The number of para-hydroxylation sites is 1. The number of carbonyl (C=O) groups excluding carboxylic acids is 1. The third-order valence-electron chi connectivity index (χ3n) is 3.59. The van der Waals surface area contributed by atoms with Gasteiger partial charge in [0.2, 0.25) is 0 Å². The van der Waals surface area contributed by atoms with Gasteiger partial charge in [0.15, 0.2) is 6.29 Å². The summed E-state index contributed by atoms with van der Waals surface area (Å²) >= 11 is 0. The summed E-state index contributed by atoms with van der Waals surface area (Å²) in [4.78, 5) is 14.4. The SMILES string of the molecule is CC.Cc1c(C=O)c(O)c(C)c2c1[nH]c1ccccc12. The molecule has 0 aliphatic carbocycles. The van der Waals surface area contributed by atoms with Crippen LogP contribution in [0.15, 0.2) is 24.3 Å². The highest BCUT2D eigenvalue weighted by Gasteiger charge is 2.17. The molecular formula is C17H19NO2. The Kier molecular flexibility index (Phi) is 3.79. The average Bonchev–Trinajstić information content (AvgIpc) is 2.87. The summed E-state index contributed by atoms with van der Waals surface area (Å²) in [5.41, 5.74) is 3.84. The zero-order valence-corrected chi connectivity index (χ0v) is 12.2. The average molecular weight is 269 g/mol. The van der Waals surface area contributed by atoms with Crippen LogP contribution in [-0.4, -0.2) is 16.4 Å². The van der Waals surface area contributed by atoms with Gasteiger partial charge in [-0.2, -0.15) is 0 Å². The lowest BCUT2D eigenvalue weighted by molar-refractivity contribution is 0.112. The third-order valence-corrected chi connectivity index (χ3v) is 3.59. The van der Waals surface area contributed by atoms with Crippen molar-refractivity contribution in [3.05, 3.63) is 41.0 Å². The fraction of sp³-hybridized carbons (Fsp3) is 0.235. The van der Waals surface area contributed by atoms with E-state index in [9.17, 15) is 9.90 Å². The smallest absolute Gasteiger partial charge is 0.154 e. The van der Waals surface area contributed by atoms with Crippen LogP contribution in [0.3, 0.4) is 0 Å². The second-order valence-corrected chi connectivity index (χ2v) is 4.55. The number of aromatic hydroxyl groups is 1. The molecule has 1 aromatic heterocycles. The van der Waals surface area contributed by atoms with Crippen molar-refractivity contribution in [1.29, 1.82) is 0 Å². The molecule has 3 heteroatoms. The predicted octanol–water partition coefficient (Wildman–Crippen LogP) is 4.48. The van der Waals surface area contributed by atoms with Crippen LogP contribution < -0.4 is 0 Å². The molecule has 3 aromatic rings. The van der Waals surface area contributed by atoms with Crippen LogP contribution in [0.2, 0.25) is 0 Å². The number of H-pyrrole nitrogens is 1. The van der Waals surface area contributed by atoms with Gasteiger partial charge in [0, 0.05) is 21.9 Å². The second kappa shape index (κ2) is 5.37. The molecule has 0 radical (unpaired) electrons. The zero-order chi connectivity index (χ0) is 14.9. The van der Waals surface area contributed by atoms with Crippen molar-refractivity contribution in [3.63, 3.8) is 0 Å². The quantitative estimate of drug-likeness (QED) is 0.640. The first-order valence-corrected chi connectivity index (χ1v) is 6.83. The summed E-state index contributed by atoms with van der Waals surface area (Å²) < 4.78 is 0. The molecule has 3 rings (SSSR count). The molecule has 0 saturated carbocycles. The van der Waals surface area contributed by atoms with Gasteiger partial charge in [0.1, 0.15) is 5.75 Å². The third kappa shape index (κ3) is 1.86. The van der Waals surface area contributed by atoms with Gasteiger partial charge < -0.3 is 10.1 Å². The monoisotopic (exact) mass is 269 g/mol. The number of phenolic OH excluding ortho intramolecular Hbond substituents is 1. The summed E-state index contributed by atoms with van der Waals surface area (Å²) in [6.45, 7) is 7.69. The Labute approximate surface area is 118 Å². The fourth-order valence-electron chi connectivity index (χ4n) is 2.59. The fourth-order valence-corrected chi connectivity index (χ4v) is 2.59. The van der Waals surface area contributed by atoms with Crippen molar-refractivity contribution < 1.29 is 9.90 Å². The van der Waals surface area contributed by atoms with Crippen molar-refractivity contribution in [1.82, 2.24) is 4.98 Å². The van der Waals surface area contributed by atoms with Crippen LogP contribution in [0.1, 0.15) is 35.3 Å². The molecule has 0 amide bonds. The van der Waals surface area contributed by atoms with E-state index >= 15 is 0 Å². The number of benzene rings is 2. The Balaban J connectivity index is 0.000000704. The second-order valence-electron chi connectivity index (χ2n) is 4.55. The summed E-state index contributed by atoms with van der Waals surface area (Å²) in [6.07, 6.45) is 0.711. The molecule has 0 bridgehead atoms. The Morgan fingerprint density at radius 3 is 2.40 bits per heavy atom. The van der Waals surface area contributed by atoms with Crippen LogP contribution in [0, 0.1) is 13.8 Å².